The Morgan fingerprint density at radius 2 is 1.65 bits per heavy atom. The van der Waals surface area contributed by atoms with Gasteiger partial charge < -0.3 is 15.1 Å². The molecule has 2 saturated heterocycles. The maximum absolute atomic E-state index is 12.8. The predicted molar refractivity (Wildman–Crippen MR) is 131 cm³/mol. The smallest absolute Gasteiger partial charge is 0.270 e. The van der Waals surface area contributed by atoms with Gasteiger partial charge in [0.25, 0.3) is 11.6 Å². The third-order valence-electron chi connectivity index (χ3n) is 7.25. The summed E-state index contributed by atoms with van der Waals surface area (Å²) >= 11 is 0. The zero-order valence-corrected chi connectivity index (χ0v) is 19.8. The van der Waals surface area contributed by atoms with E-state index in [-0.39, 0.29) is 23.4 Å². The number of hydrogen-bond donors (Lipinski definition) is 1. The van der Waals surface area contributed by atoms with Gasteiger partial charge in [-0.15, -0.1) is 0 Å². The maximum Gasteiger partial charge on any atom is 0.270 e. The maximum atomic E-state index is 12.8. The van der Waals surface area contributed by atoms with Crippen molar-refractivity contribution >= 4 is 23.2 Å². The van der Waals surface area contributed by atoms with E-state index in [0.717, 1.165) is 44.5 Å². The Morgan fingerprint density at radius 1 is 0.941 bits per heavy atom. The number of nitrogens with one attached hydrogen (secondary N) is 1. The molecule has 2 aliphatic rings. The molecular formula is C26H32N4O4. The van der Waals surface area contributed by atoms with Gasteiger partial charge in [-0.3, -0.25) is 19.7 Å². The number of hydrogen-bond acceptors (Lipinski definition) is 5. The van der Waals surface area contributed by atoms with Crippen LogP contribution < -0.4 is 5.32 Å². The van der Waals surface area contributed by atoms with Crippen molar-refractivity contribution in [1.29, 1.82) is 0 Å². The number of carbonyl (C=O) groups excluding carboxylic acids is 2. The number of nitrogens with zero attached hydrogens (tertiary/aromatic N) is 3. The zero-order valence-electron chi connectivity index (χ0n) is 19.8. The lowest BCUT2D eigenvalue weighted by Crippen LogP contribution is -2.49. The molecule has 2 aliphatic heterocycles. The molecule has 8 nitrogen and oxygen atoms in total. The molecule has 0 unspecified atom stereocenters. The Kier molecular flexibility index (Phi) is 7.26. The second-order valence-corrected chi connectivity index (χ2v) is 9.43. The van der Waals surface area contributed by atoms with Crippen LogP contribution in [0.4, 0.5) is 11.4 Å². The number of piperidine rings is 2. The average molecular weight is 465 g/mol. The van der Waals surface area contributed by atoms with Crippen LogP contribution in [0.1, 0.15) is 47.2 Å². The van der Waals surface area contributed by atoms with Crippen LogP contribution in [0.2, 0.25) is 0 Å². The highest BCUT2D eigenvalue weighted by atomic mass is 16.6. The van der Waals surface area contributed by atoms with Crippen molar-refractivity contribution in [3.63, 3.8) is 0 Å². The first-order valence-corrected chi connectivity index (χ1v) is 12.0. The van der Waals surface area contributed by atoms with Crippen LogP contribution in [0.5, 0.6) is 0 Å². The summed E-state index contributed by atoms with van der Waals surface area (Å²) in [6.07, 6.45) is 3.42. The van der Waals surface area contributed by atoms with Gasteiger partial charge in [0.2, 0.25) is 5.91 Å². The summed E-state index contributed by atoms with van der Waals surface area (Å²) in [6, 6.07) is 12.3. The van der Waals surface area contributed by atoms with E-state index in [9.17, 15) is 19.7 Å². The molecule has 0 bridgehead atoms. The van der Waals surface area contributed by atoms with E-state index in [2.05, 4.69) is 17.1 Å². The topological polar surface area (TPSA) is 95.8 Å². The van der Waals surface area contributed by atoms with Crippen LogP contribution >= 0.6 is 0 Å². The van der Waals surface area contributed by atoms with Crippen LogP contribution in [-0.4, -0.2) is 58.8 Å². The number of non-ortho nitro benzene ring substituents is 1. The molecule has 0 aromatic heterocycles. The van der Waals surface area contributed by atoms with Crippen LogP contribution in [0.25, 0.3) is 0 Å². The molecule has 4 rings (SSSR count). The molecule has 34 heavy (non-hydrogen) atoms. The molecule has 8 heteroatoms. The minimum Gasteiger partial charge on any atom is -0.339 e. The Hall–Kier alpha value is -3.26. The number of nitro groups is 1. The standard InChI is InChI=1S/C26H32N4O4/c1-18-6-7-22(16-19(18)2)27-25(31)20-8-12-28(13-9-20)23-10-14-29(15-11-23)26(32)21-4-3-5-24(17-21)30(33)34/h3-7,16-17,20,23H,8-15H2,1-2H3,(H,27,31). The minimum absolute atomic E-state index is 0.0217. The molecule has 2 fully saturated rings. The predicted octanol–water partition coefficient (Wildman–Crippen LogP) is 4.17. The van der Waals surface area contributed by atoms with Gasteiger partial charge in [-0.1, -0.05) is 12.1 Å². The number of anilines is 1. The molecular weight excluding hydrogens is 432 g/mol. The van der Waals surface area contributed by atoms with Gasteiger partial charge in [-0.2, -0.15) is 0 Å². The van der Waals surface area contributed by atoms with Gasteiger partial charge in [0, 0.05) is 48.4 Å². The summed E-state index contributed by atoms with van der Waals surface area (Å²) < 4.78 is 0. The van der Waals surface area contributed by atoms with Gasteiger partial charge in [-0.05, 0) is 81.9 Å². The van der Waals surface area contributed by atoms with Gasteiger partial charge in [0.05, 0.1) is 4.92 Å². The molecule has 0 spiro atoms. The fourth-order valence-corrected chi connectivity index (χ4v) is 4.96. The third kappa shape index (κ3) is 5.44. The van der Waals surface area contributed by atoms with Crippen molar-refractivity contribution in [3.8, 4) is 0 Å². The van der Waals surface area contributed by atoms with Crippen LogP contribution in [0.3, 0.4) is 0 Å². The fourth-order valence-electron chi connectivity index (χ4n) is 4.96. The molecule has 0 saturated carbocycles. The lowest BCUT2D eigenvalue weighted by Gasteiger charge is -2.41. The van der Waals surface area contributed by atoms with Crippen molar-refractivity contribution < 1.29 is 14.5 Å². The first-order valence-electron chi connectivity index (χ1n) is 12.0. The van der Waals surface area contributed by atoms with Crippen molar-refractivity contribution in [2.75, 3.05) is 31.5 Å². The second-order valence-electron chi connectivity index (χ2n) is 9.43. The minimum atomic E-state index is -0.477. The Labute approximate surface area is 200 Å². The number of likely N-dealkylation sites (tertiary alicyclic amines) is 2. The molecule has 180 valence electrons. The van der Waals surface area contributed by atoms with E-state index >= 15 is 0 Å². The first-order chi connectivity index (χ1) is 16.3. The molecule has 0 aliphatic carbocycles. The average Bonchev–Trinajstić information content (AvgIpc) is 2.86. The third-order valence-corrected chi connectivity index (χ3v) is 7.25. The van der Waals surface area contributed by atoms with Crippen molar-refractivity contribution in [1.82, 2.24) is 9.80 Å². The summed E-state index contributed by atoms with van der Waals surface area (Å²) in [5.74, 6) is -0.0301. The van der Waals surface area contributed by atoms with Gasteiger partial charge in [0.15, 0.2) is 0 Å². The Morgan fingerprint density at radius 3 is 2.29 bits per heavy atom. The summed E-state index contributed by atoms with van der Waals surface area (Å²) in [6.45, 7) is 7.15. The van der Waals surface area contributed by atoms with Crippen molar-refractivity contribution in [2.45, 2.75) is 45.6 Å². The molecule has 0 atom stereocenters. The Bertz CT molecular complexity index is 1070. The van der Waals surface area contributed by atoms with Crippen molar-refractivity contribution in [3.05, 3.63) is 69.3 Å². The summed E-state index contributed by atoms with van der Waals surface area (Å²) in [5, 5.41) is 14.1. The highest BCUT2D eigenvalue weighted by Gasteiger charge is 2.32. The van der Waals surface area contributed by atoms with E-state index in [1.54, 1.807) is 17.0 Å². The number of benzene rings is 2. The first kappa shape index (κ1) is 23.9. The molecule has 2 amide bonds. The largest absolute Gasteiger partial charge is 0.339 e. The van der Waals surface area contributed by atoms with E-state index in [4.69, 9.17) is 0 Å². The highest BCUT2D eigenvalue weighted by Crippen LogP contribution is 2.26. The van der Waals surface area contributed by atoms with Gasteiger partial charge in [0.1, 0.15) is 0 Å². The highest BCUT2D eigenvalue weighted by molar-refractivity contribution is 5.95. The second kappa shape index (κ2) is 10.3. The lowest BCUT2D eigenvalue weighted by molar-refractivity contribution is -0.384. The van der Waals surface area contributed by atoms with Gasteiger partial charge in [-0.25, -0.2) is 0 Å². The van der Waals surface area contributed by atoms with E-state index < -0.39 is 4.92 Å². The van der Waals surface area contributed by atoms with E-state index in [0.29, 0.717) is 24.7 Å². The van der Waals surface area contributed by atoms with Crippen LogP contribution in [0.15, 0.2) is 42.5 Å². The SMILES string of the molecule is Cc1ccc(NC(=O)C2CCN(C3CCN(C(=O)c4cccc([N+](=O)[O-])c4)CC3)CC2)cc1C. The molecule has 0 radical (unpaired) electrons. The van der Waals surface area contributed by atoms with Crippen LogP contribution in [-0.2, 0) is 4.79 Å². The summed E-state index contributed by atoms with van der Waals surface area (Å²) in [7, 11) is 0. The van der Waals surface area contributed by atoms with Crippen LogP contribution in [0, 0.1) is 29.9 Å². The summed E-state index contributed by atoms with van der Waals surface area (Å²) in [5.41, 5.74) is 3.54. The normalized spacial score (nSPS) is 18.0. The Balaban J connectivity index is 1.25. The monoisotopic (exact) mass is 464 g/mol. The fraction of sp³-hybridized carbons (Fsp3) is 0.462. The van der Waals surface area contributed by atoms with Gasteiger partial charge >= 0.3 is 0 Å². The van der Waals surface area contributed by atoms with E-state index in [1.165, 1.54) is 23.3 Å². The number of rotatable bonds is 5. The quantitative estimate of drug-likeness (QED) is 0.529. The summed E-state index contributed by atoms with van der Waals surface area (Å²) in [4.78, 5) is 40.3. The zero-order chi connectivity index (χ0) is 24.2. The van der Waals surface area contributed by atoms with Crippen molar-refractivity contribution in [2.24, 2.45) is 5.92 Å². The molecule has 1 N–H and O–H groups in total. The van der Waals surface area contributed by atoms with E-state index in [1.807, 2.05) is 25.1 Å². The number of amides is 2. The molecule has 2 aromatic carbocycles. The molecule has 2 aromatic rings. The molecule has 2 heterocycles. The number of aryl methyl sites for hydroxylation is 2. The number of nitro benzene ring substituents is 1. The lowest BCUT2D eigenvalue weighted by atomic mass is 9.92. The number of carbonyl (C=O) groups is 2.